The summed E-state index contributed by atoms with van der Waals surface area (Å²) < 4.78 is 0. The fourth-order valence-electron chi connectivity index (χ4n) is 4.17. The van der Waals surface area contributed by atoms with Gasteiger partial charge in [-0.05, 0) is 44.6 Å². The van der Waals surface area contributed by atoms with E-state index in [0.29, 0.717) is 17.5 Å². The molecular weight excluding hydrogens is 246 g/mol. The van der Waals surface area contributed by atoms with Crippen molar-refractivity contribution in [3.8, 4) is 0 Å². The van der Waals surface area contributed by atoms with E-state index >= 15 is 0 Å². The molecule has 0 aromatic rings. The first-order valence-corrected chi connectivity index (χ1v) is 8.64. The van der Waals surface area contributed by atoms with Gasteiger partial charge in [0.25, 0.3) is 0 Å². The minimum atomic E-state index is 0.473. The van der Waals surface area contributed by atoms with E-state index < -0.39 is 0 Å². The molecule has 0 amide bonds. The Balaban J connectivity index is 1.84. The second-order valence-electron chi connectivity index (χ2n) is 7.75. The lowest BCUT2D eigenvalue weighted by Crippen LogP contribution is -2.52. The van der Waals surface area contributed by atoms with Crippen LogP contribution in [0.5, 0.6) is 0 Å². The molecule has 0 spiro atoms. The molecule has 2 aliphatic rings. The van der Waals surface area contributed by atoms with E-state index in [0.717, 1.165) is 12.5 Å². The van der Waals surface area contributed by atoms with E-state index in [4.69, 9.17) is 0 Å². The third-order valence-electron chi connectivity index (χ3n) is 5.53. The van der Waals surface area contributed by atoms with Crippen LogP contribution < -0.4 is 5.32 Å². The molecular formula is C17H35N3. The van der Waals surface area contributed by atoms with Crippen LogP contribution in [-0.4, -0.2) is 61.2 Å². The molecule has 2 rings (SSSR count). The van der Waals surface area contributed by atoms with E-state index in [1.165, 1.54) is 45.6 Å². The third-order valence-corrected chi connectivity index (χ3v) is 5.53. The summed E-state index contributed by atoms with van der Waals surface area (Å²) in [5, 5.41) is 3.76. The molecule has 0 aromatic carbocycles. The zero-order chi connectivity index (χ0) is 14.8. The first kappa shape index (κ1) is 16.3. The van der Waals surface area contributed by atoms with E-state index in [1.807, 2.05) is 0 Å². The maximum Gasteiger partial charge on any atom is 0.0159 e. The first-order chi connectivity index (χ1) is 9.44. The van der Waals surface area contributed by atoms with Crippen molar-refractivity contribution < 1.29 is 0 Å². The van der Waals surface area contributed by atoms with Gasteiger partial charge >= 0.3 is 0 Å². The van der Waals surface area contributed by atoms with E-state index in [9.17, 15) is 0 Å². The molecule has 118 valence electrons. The largest absolute Gasteiger partial charge is 0.313 e. The Hall–Kier alpha value is -0.120. The Morgan fingerprint density at radius 3 is 2.35 bits per heavy atom. The van der Waals surface area contributed by atoms with Gasteiger partial charge in [-0.25, -0.2) is 0 Å². The van der Waals surface area contributed by atoms with Gasteiger partial charge in [0.2, 0.25) is 0 Å². The van der Waals surface area contributed by atoms with Gasteiger partial charge in [-0.2, -0.15) is 0 Å². The topological polar surface area (TPSA) is 18.5 Å². The van der Waals surface area contributed by atoms with Gasteiger partial charge in [-0.15, -0.1) is 0 Å². The maximum absolute atomic E-state index is 3.76. The normalized spacial score (nSPS) is 32.1. The van der Waals surface area contributed by atoms with Gasteiger partial charge in [0, 0.05) is 44.8 Å². The van der Waals surface area contributed by atoms with Crippen LogP contribution >= 0.6 is 0 Å². The van der Waals surface area contributed by atoms with Gasteiger partial charge < -0.3 is 10.2 Å². The fourth-order valence-corrected chi connectivity index (χ4v) is 4.17. The first-order valence-electron chi connectivity index (χ1n) is 8.64. The van der Waals surface area contributed by atoms with Crippen LogP contribution in [0.4, 0.5) is 0 Å². The van der Waals surface area contributed by atoms with Crippen LogP contribution in [0.15, 0.2) is 0 Å². The summed E-state index contributed by atoms with van der Waals surface area (Å²) in [6, 6.07) is 1.41. The molecule has 1 saturated carbocycles. The summed E-state index contributed by atoms with van der Waals surface area (Å²) in [4.78, 5) is 5.31. The highest BCUT2D eigenvalue weighted by Crippen LogP contribution is 2.41. The van der Waals surface area contributed by atoms with E-state index in [2.05, 4.69) is 49.7 Å². The molecule has 20 heavy (non-hydrogen) atoms. The molecule has 0 bridgehead atoms. The number of hydrogen-bond donors (Lipinski definition) is 1. The van der Waals surface area contributed by atoms with Crippen molar-refractivity contribution in [3.05, 3.63) is 0 Å². The number of hydrogen-bond acceptors (Lipinski definition) is 3. The molecule has 2 fully saturated rings. The average molecular weight is 281 g/mol. The number of piperazine rings is 1. The molecule has 1 N–H and O–H groups in total. The smallest absolute Gasteiger partial charge is 0.0159 e. The minimum Gasteiger partial charge on any atom is -0.313 e. The lowest BCUT2D eigenvalue weighted by atomic mass is 9.84. The van der Waals surface area contributed by atoms with Crippen molar-refractivity contribution in [2.45, 2.75) is 59.5 Å². The Labute approximate surface area is 126 Å². The van der Waals surface area contributed by atoms with E-state index in [-0.39, 0.29) is 0 Å². The fraction of sp³-hybridized carbons (Fsp3) is 1.00. The van der Waals surface area contributed by atoms with Gasteiger partial charge in [0.05, 0.1) is 0 Å². The van der Waals surface area contributed by atoms with Crippen LogP contribution in [0.1, 0.15) is 47.5 Å². The monoisotopic (exact) mass is 281 g/mol. The zero-order valence-electron chi connectivity index (χ0n) is 14.3. The minimum absolute atomic E-state index is 0.473. The highest BCUT2D eigenvalue weighted by molar-refractivity contribution is 4.97. The number of nitrogens with one attached hydrogen (secondary N) is 1. The Bertz CT molecular complexity index is 293. The predicted molar refractivity (Wildman–Crippen MR) is 87.1 cm³/mol. The molecule has 2 atom stereocenters. The maximum atomic E-state index is 3.76. The molecule has 0 aromatic heterocycles. The predicted octanol–water partition coefficient (Wildman–Crippen LogP) is 2.43. The highest BCUT2D eigenvalue weighted by Gasteiger charge is 2.41. The second-order valence-corrected chi connectivity index (χ2v) is 7.75. The molecule has 1 aliphatic carbocycles. The number of rotatable bonds is 5. The average Bonchev–Trinajstić information content (AvgIpc) is 2.67. The van der Waals surface area contributed by atoms with Gasteiger partial charge in [0.1, 0.15) is 0 Å². The SMILES string of the molecule is CCNC1C(CN2CCN(C(C)C)CC2)CCC1(C)C. The molecule has 3 nitrogen and oxygen atoms in total. The highest BCUT2D eigenvalue weighted by atomic mass is 15.3. The Morgan fingerprint density at radius 1 is 1.15 bits per heavy atom. The standard InChI is InChI=1S/C17H35N3/c1-6-18-16-15(7-8-17(16,4)5)13-19-9-11-20(12-10-19)14(2)3/h14-16,18H,6-13H2,1-5H3. The Morgan fingerprint density at radius 2 is 1.80 bits per heavy atom. The molecule has 2 unspecified atom stereocenters. The van der Waals surface area contributed by atoms with Crippen LogP contribution in [0.25, 0.3) is 0 Å². The zero-order valence-corrected chi connectivity index (χ0v) is 14.3. The van der Waals surface area contributed by atoms with E-state index in [1.54, 1.807) is 0 Å². The molecule has 0 radical (unpaired) electrons. The van der Waals surface area contributed by atoms with Crippen LogP contribution in [0.2, 0.25) is 0 Å². The summed E-state index contributed by atoms with van der Waals surface area (Å²) in [5.74, 6) is 0.843. The van der Waals surface area contributed by atoms with Crippen molar-refractivity contribution in [2.75, 3.05) is 39.3 Å². The van der Waals surface area contributed by atoms with Crippen LogP contribution in [-0.2, 0) is 0 Å². The summed E-state index contributed by atoms with van der Waals surface area (Å²) in [5.41, 5.74) is 0.473. The van der Waals surface area contributed by atoms with Crippen LogP contribution in [0.3, 0.4) is 0 Å². The lowest BCUT2D eigenvalue weighted by Gasteiger charge is -2.39. The molecule has 1 aliphatic heterocycles. The quantitative estimate of drug-likeness (QED) is 0.835. The summed E-state index contributed by atoms with van der Waals surface area (Å²) in [7, 11) is 0. The molecule has 1 heterocycles. The summed E-state index contributed by atoms with van der Waals surface area (Å²) in [6.45, 7) is 19.2. The second kappa shape index (κ2) is 6.76. The van der Waals surface area contributed by atoms with Crippen molar-refractivity contribution in [1.29, 1.82) is 0 Å². The van der Waals surface area contributed by atoms with Gasteiger partial charge in [0.15, 0.2) is 0 Å². The van der Waals surface area contributed by atoms with Crippen molar-refractivity contribution >= 4 is 0 Å². The Kier molecular flexibility index (Phi) is 5.49. The van der Waals surface area contributed by atoms with Gasteiger partial charge in [-0.3, -0.25) is 4.90 Å². The summed E-state index contributed by atoms with van der Waals surface area (Å²) in [6.07, 6.45) is 2.77. The lowest BCUT2D eigenvalue weighted by molar-refractivity contribution is 0.0898. The molecule has 3 heteroatoms. The van der Waals surface area contributed by atoms with Crippen molar-refractivity contribution in [1.82, 2.24) is 15.1 Å². The summed E-state index contributed by atoms with van der Waals surface area (Å²) >= 11 is 0. The third kappa shape index (κ3) is 3.75. The van der Waals surface area contributed by atoms with Crippen molar-refractivity contribution in [3.63, 3.8) is 0 Å². The van der Waals surface area contributed by atoms with Crippen molar-refractivity contribution in [2.24, 2.45) is 11.3 Å². The van der Waals surface area contributed by atoms with Crippen LogP contribution in [0, 0.1) is 11.3 Å². The molecule has 1 saturated heterocycles. The van der Waals surface area contributed by atoms with Gasteiger partial charge in [-0.1, -0.05) is 20.8 Å². The number of nitrogens with zero attached hydrogens (tertiary/aromatic N) is 2.